The maximum atomic E-state index is 10.4. The average molecular weight is 575 g/mol. The van der Waals surface area contributed by atoms with Crippen LogP contribution in [0.15, 0.2) is 71.5 Å². The number of aliphatic hydroxyl groups is 4. The van der Waals surface area contributed by atoms with E-state index in [1.54, 1.807) is 12.1 Å². The monoisotopic (exact) mass is 574 g/mol. The van der Waals surface area contributed by atoms with Crippen molar-refractivity contribution in [1.29, 1.82) is 0 Å². The first kappa shape index (κ1) is 28.8. The number of para-hydroxylation sites is 1. The lowest BCUT2D eigenvalue weighted by Crippen LogP contribution is -2.60. The highest BCUT2D eigenvalue weighted by molar-refractivity contribution is 6.03. The van der Waals surface area contributed by atoms with Crippen LogP contribution >= 0.6 is 0 Å². The first-order valence-electron chi connectivity index (χ1n) is 14.9. The van der Waals surface area contributed by atoms with Crippen molar-refractivity contribution in [1.82, 2.24) is 0 Å². The number of allylic oxidation sites excluding steroid dienone is 4. The van der Waals surface area contributed by atoms with E-state index in [0.717, 1.165) is 49.1 Å². The summed E-state index contributed by atoms with van der Waals surface area (Å²) in [7, 11) is 0. The van der Waals surface area contributed by atoms with Crippen molar-refractivity contribution < 1.29 is 39.2 Å². The molecular weight excluding hydrogens is 534 g/mol. The molecule has 5 atom stereocenters. The molecule has 2 aromatic rings. The van der Waals surface area contributed by atoms with Crippen molar-refractivity contribution in [3.63, 3.8) is 0 Å². The van der Waals surface area contributed by atoms with Gasteiger partial charge in [-0.15, -0.1) is 0 Å². The summed E-state index contributed by atoms with van der Waals surface area (Å²) in [5.41, 5.74) is 7.03. The van der Waals surface area contributed by atoms with Crippen molar-refractivity contribution >= 4 is 17.5 Å². The van der Waals surface area contributed by atoms with E-state index in [1.165, 1.54) is 22.5 Å². The molecule has 1 fully saturated rings. The largest absolute Gasteiger partial charge is 0.462 e. The standard InChI is InChI=1S/C34H40NO7/c1-4-16-35-25-11-6-5-10-24(25)34(2,3)28(35)15-13-20-8-7-9-22-17-21-12-14-23(18-26(21)41-32(20)22)40-33-31(39)30(38)29(37)27(19-36)42-33/h5-6,10-15,17-18,27,29-31,33,36-39H,4,7-9,16,19H2,1-3H3/q+1/b15-13+/t27-,29+,30+,31-,33-/m1/s1. The van der Waals surface area contributed by atoms with Crippen LogP contribution in [0.3, 0.4) is 0 Å². The van der Waals surface area contributed by atoms with Gasteiger partial charge in [-0.1, -0.05) is 25.1 Å². The molecule has 1 saturated heterocycles. The normalized spacial score (nSPS) is 28.3. The number of hydrogen-bond donors (Lipinski definition) is 4. The summed E-state index contributed by atoms with van der Waals surface area (Å²) < 4.78 is 20.3. The highest BCUT2D eigenvalue weighted by Crippen LogP contribution is 2.43. The zero-order chi connectivity index (χ0) is 29.6. The Hall–Kier alpha value is -3.27. The van der Waals surface area contributed by atoms with Gasteiger partial charge in [0.25, 0.3) is 0 Å². The summed E-state index contributed by atoms with van der Waals surface area (Å²) in [5, 5.41) is 40.1. The van der Waals surface area contributed by atoms with Crippen LogP contribution in [0.1, 0.15) is 57.6 Å². The summed E-state index contributed by atoms with van der Waals surface area (Å²) in [5.74, 6) is 1.86. The van der Waals surface area contributed by atoms with Crippen LogP contribution in [0.2, 0.25) is 0 Å². The first-order valence-corrected chi connectivity index (χ1v) is 14.9. The Morgan fingerprint density at radius 3 is 2.62 bits per heavy atom. The minimum absolute atomic E-state index is 0.114. The molecule has 3 heterocycles. The molecule has 42 heavy (non-hydrogen) atoms. The van der Waals surface area contributed by atoms with Crippen LogP contribution in [0.4, 0.5) is 5.69 Å². The molecule has 4 N–H and O–H groups in total. The molecule has 0 unspecified atom stereocenters. The fourth-order valence-electron chi connectivity index (χ4n) is 6.51. The molecule has 2 aromatic carbocycles. The Kier molecular flexibility index (Phi) is 7.85. The van der Waals surface area contributed by atoms with Crippen LogP contribution in [0, 0.1) is 0 Å². The molecular formula is C34H40NO7+. The SMILES string of the molecule is CCC[N+]1=C(/C=C/C2=C3Oc4cc(O[C@@H]5O[C@H](CO)[C@H](O)[C@H](O)[C@H]5O)ccc4C=C3CCC2)C(C)(C)c2ccccc21. The molecule has 4 aliphatic rings. The van der Waals surface area contributed by atoms with Crippen molar-refractivity contribution in [2.75, 3.05) is 13.2 Å². The maximum Gasteiger partial charge on any atom is 0.229 e. The van der Waals surface area contributed by atoms with Gasteiger partial charge in [-0.25, -0.2) is 0 Å². The molecule has 0 radical (unpaired) electrons. The van der Waals surface area contributed by atoms with Crippen molar-refractivity contribution in [2.24, 2.45) is 0 Å². The molecule has 0 saturated carbocycles. The summed E-state index contributed by atoms with van der Waals surface area (Å²) in [6, 6.07) is 14.0. The smallest absolute Gasteiger partial charge is 0.229 e. The number of ether oxygens (including phenoxy) is 3. The number of hydrogen-bond acceptors (Lipinski definition) is 7. The third-order valence-corrected chi connectivity index (χ3v) is 8.79. The van der Waals surface area contributed by atoms with Gasteiger partial charge < -0.3 is 34.6 Å². The second-order valence-corrected chi connectivity index (χ2v) is 12.0. The summed E-state index contributed by atoms with van der Waals surface area (Å²) in [6.45, 7) is 7.22. The molecule has 3 aliphatic heterocycles. The number of benzene rings is 2. The number of nitrogens with zero attached hydrogens (tertiary/aromatic N) is 1. The van der Waals surface area contributed by atoms with E-state index in [2.05, 4.69) is 67.8 Å². The third kappa shape index (κ3) is 5.01. The van der Waals surface area contributed by atoms with E-state index < -0.39 is 37.3 Å². The zero-order valence-corrected chi connectivity index (χ0v) is 24.4. The lowest BCUT2D eigenvalue weighted by Gasteiger charge is -2.39. The Balaban J connectivity index is 1.28. The van der Waals surface area contributed by atoms with Gasteiger partial charge in [0.2, 0.25) is 12.0 Å². The molecule has 0 bridgehead atoms. The highest BCUT2D eigenvalue weighted by Gasteiger charge is 2.45. The molecule has 0 aromatic heterocycles. The van der Waals surface area contributed by atoms with Gasteiger partial charge in [-0.2, -0.15) is 4.58 Å². The lowest BCUT2D eigenvalue weighted by molar-refractivity contribution is -0.437. The minimum Gasteiger partial charge on any atom is -0.462 e. The third-order valence-electron chi connectivity index (χ3n) is 8.79. The Morgan fingerprint density at radius 1 is 1.02 bits per heavy atom. The molecule has 222 valence electrons. The Labute approximate surface area is 246 Å². The highest BCUT2D eigenvalue weighted by atomic mass is 16.7. The molecule has 6 rings (SSSR count). The van der Waals surface area contributed by atoms with Crippen LogP contribution < -0.4 is 9.47 Å². The van der Waals surface area contributed by atoms with Crippen LogP contribution in [-0.2, 0) is 10.2 Å². The van der Waals surface area contributed by atoms with Crippen LogP contribution in [0.25, 0.3) is 6.08 Å². The van der Waals surface area contributed by atoms with E-state index in [4.69, 9.17) is 14.2 Å². The minimum atomic E-state index is -1.51. The van der Waals surface area contributed by atoms with E-state index in [9.17, 15) is 20.4 Å². The van der Waals surface area contributed by atoms with E-state index >= 15 is 0 Å². The Bertz CT molecular complexity index is 1480. The van der Waals surface area contributed by atoms with Gasteiger partial charge >= 0.3 is 0 Å². The average Bonchev–Trinajstić information content (AvgIpc) is 3.20. The second-order valence-electron chi connectivity index (χ2n) is 12.0. The van der Waals surface area contributed by atoms with Gasteiger partial charge in [-0.05, 0) is 68.5 Å². The van der Waals surface area contributed by atoms with Crippen molar-refractivity contribution in [3.8, 4) is 11.5 Å². The van der Waals surface area contributed by atoms with Gasteiger partial charge in [0.1, 0.15) is 48.2 Å². The molecule has 8 nitrogen and oxygen atoms in total. The fourth-order valence-corrected chi connectivity index (χ4v) is 6.51. The second kappa shape index (κ2) is 11.4. The van der Waals surface area contributed by atoms with Crippen LogP contribution in [0.5, 0.6) is 11.5 Å². The molecule has 0 spiro atoms. The topological polar surface area (TPSA) is 112 Å². The van der Waals surface area contributed by atoms with Gasteiger partial charge in [0.15, 0.2) is 5.71 Å². The summed E-state index contributed by atoms with van der Waals surface area (Å²) in [4.78, 5) is 0. The van der Waals surface area contributed by atoms with Crippen LogP contribution in [-0.4, -0.2) is 74.6 Å². The first-order chi connectivity index (χ1) is 20.2. The number of rotatable bonds is 7. The lowest BCUT2D eigenvalue weighted by atomic mass is 9.81. The van der Waals surface area contributed by atoms with Gasteiger partial charge in [0, 0.05) is 35.8 Å². The summed E-state index contributed by atoms with van der Waals surface area (Å²) >= 11 is 0. The maximum absolute atomic E-state index is 10.4. The van der Waals surface area contributed by atoms with Crippen molar-refractivity contribution in [3.05, 3.63) is 82.6 Å². The predicted molar refractivity (Wildman–Crippen MR) is 159 cm³/mol. The fraction of sp³-hybridized carbons (Fsp3) is 0.441. The van der Waals surface area contributed by atoms with E-state index in [1.807, 2.05) is 6.07 Å². The van der Waals surface area contributed by atoms with Crippen molar-refractivity contribution in [2.45, 2.75) is 82.6 Å². The molecule has 8 heteroatoms. The van der Waals surface area contributed by atoms with Gasteiger partial charge in [0.05, 0.1) is 12.0 Å². The quantitative estimate of drug-likeness (QED) is 0.368. The zero-order valence-electron chi connectivity index (χ0n) is 24.4. The molecule has 0 amide bonds. The molecule has 1 aliphatic carbocycles. The number of aliphatic hydroxyl groups excluding tert-OH is 4. The van der Waals surface area contributed by atoms with Gasteiger partial charge in [-0.3, -0.25) is 0 Å². The number of fused-ring (bicyclic) bond motifs is 3. The predicted octanol–water partition coefficient (Wildman–Crippen LogP) is 4.12. The summed E-state index contributed by atoms with van der Waals surface area (Å²) in [6.07, 6.45) is 3.84. The van der Waals surface area contributed by atoms with E-state index in [0.29, 0.717) is 11.5 Å². The van der Waals surface area contributed by atoms with E-state index in [-0.39, 0.29) is 5.41 Å². The Morgan fingerprint density at radius 2 is 1.83 bits per heavy atom.